The fourth-order valence-electron chi connectivity index (χ4n) is 5.55. The Hall–Kier alpha value is -0.240. The van der Waals surface area contributed by atoms with Gasteiger partial charge in [0.15, 0.2) is 0 Å². The standard InChI is InChI=1S/C33H70N2O4/c1-14-18-19-33(17-4,23-36-31(12,15-2)21-26(6)38-29(9)28(8)35)24-37-32(13,16-3)22-27(7)39-30(10,11)20-25(5)34/h25-29H,14-24,34-35H2,1-13H3. The zero-order valence-corrected chi connectivity index (χ0v) is 28.5. The summed E-state index contributed by atoms with van der Waals surface area (Å²) in [6.07, 6.45) is 9.02. The van der Waals surface area contributed by atoms with Crippen LogP contribution < -0.4 is 11.5 Å². The third kappa shape index (κ3) is 15.5. The topological polar surface area (TPSA) is 89.0 Å². The summed E-state index contributed by atoms with van der Waals surface area (Å²) in [5, 5.41) is 0. The molecule has 8 unspecified atom stereocenters. The molecular formula is C33H70N2O4. The van der Waals surface area contributed by atoms with Gasteiger partial charge >= 0.3 is 0 Å². The molecule has 0 aliphatic carbocycles. The molecule has 0 spiro atoms. The molecule has 0 aromatic carbocycles. The molecule has 0 rings (SSSR count). The number of unbranched alkanes of at least 4 members (excludes halogenated alkanes) is 1. The number of hydrogen-bond donors (Lipinski definition) is 2. The highest BCUT2D eigenvalue weighted by Gasteiger charge is 2.37. The Balaban J connectivity index is 5.49. The number of nitrogens with two attached hydrogens (primary N) is 2. The summed E-state index contributed by atoms with van der Waals surface area (Å²) >= 11 is 0. The molecule has 0 heterocycles. The quantitative estimate of drug-likeness (QED) is 0.133. The van der Waals surface area contributed by atoms with Crippen molar-refractivity contribution in [3.63, 3.8) is 0 Å². The normalized spacial score (nSPS) is 21.3. The largest absolute Gasteiger partial charge is 0.375 e. The van der Waals surface area contributed by atoms with Gasteiger partial charge in [0.2, 0.25) is 0 Å². The van der Waals surface area contributed by atoms with Crippen LogP contribution in [0, 0.1) is 5.41 Å². The smallest absolute Gasteiger partial charge is 0.0698 e. The zero-order valence-electron chi connectivity index (χ0n) is 28.5. The lowest BCUT2D eigenvalue weighted by molar-refractivity contribution is -0.158. The number of hydrogen-bond acceptors (Lipinski definition) is 6. The van der Waals surface area contributed by atoms with Gasteiger partial charge in [0, 0.05) is 30.3 Å². The Morgan fingerprint density at radius 3 is 1.54 bits per heavy atom. The van der Waals surface area contributed by atoms with Gasteiger partial charge < -0.3 is 30.4 Å². The highest BCUT2D eigenvalue weighted by atomic mass is 16.5. The summed E-state index contributed by atoms with van der Waals surface area (Å²) in [5.41, 5.74) is 11.3. The average Bonchev–Trinajstić information content (AvgIpc) is 2.82. The van der Waals surface area contributed by atoms with Crippen LogP contribution in [0.15, 0.2) is 0 Å². The maximum atomic E-state index is 6.83. The van der Waals surface area contributed by atoms with E-state index in [0.717, 1.165) is 51.4 Å². The van der Waals surface area contributed by atoms with Crippen LogP contribution in [0.1, 0.15) is 148 Å². The van der Waals surface area contributed by atoms with E-state index in [1.165, 1.54) is 6.42 Å². The molecular weight excluding hydrogens is 488 g/mol. The summed E-state index contributed by atoms with van der Waals surface area (Å²) in [6, 6.07) is 0.122. The van der Waals surface area contributed by atoms with Crippen molar-refractivity contribution in [2.75, 3.05) is 13.2 Å². The number of ether oxygens (including phenoxy) is 4. The van der Waals surface area contributed by atoms with E-state index in [1.807, 2.05) is 20.8 Å². The highest BCUT2D eigenvalue weighted by Crippen LogP contribution is 2.37. The van der Waals surface area contributed by atoms with Crippen molar-refractivity contribution in [2.45, 2.75) is 195 Å². The fourth-order valence-corrected chi connectivity index (χ4v) is 5.55. The van der Waals surface area contributed by atoms with Crippen LogP contribution in [-0.4, -0.2) is 60.4 Å². The SMILES string of the molecule is CCCCC(CC)(COC(C)(CC)CC(C)OC(C)C(C)N)COC(C)(CC)CC(C)OC(C)(C)CC(C)N. The monoisotopic (exact) mass is 559 g/mol. The van der Waals surface area contributed by atoms with Gasteiger partial charge in [0.25, 0.3) is 0 Å². The van der Waals surface area contributed by atoms with Gasteiger partial charge in [-0.15, -0.1) is 0 Å². The van der Waals surface area contributed by atoms with E-state index in [9.17, 15) is 0 Å². The summed E-state index contributed by atoms with van der Waals surface area (Å²) in [4.78, 5) is 0. The van der Waals surface area contributed by atoms with Gasteiger partial charge in [0.05, 0.1) is 48.3 Å². The van der Waals surface area contributed by atoms with Crippen LogP contribution in [0.4, 0.5) is 0 Å². The van der Waals surface area contributed by atoms with E-state index in [2.05, 4.69) is 69.2 Å². The van der Waals surface area contributed by atoms with Gasteiger partial charge in [-0.05, 0) is 94.4 Å². The van der Waals surface area contributed by atoms with Gasteiger partial charge in [-0.25, -0.2) is 0 Å². The summed E-state index contributed by atoms with van der Waals surface area (Å²) < 4.78 is 26.3. The highest BCUT2D eigenvalue weighted by molar-refractivity contribution is 4.86. The van der Waals surface area contributed by atoms with Crippen LogP contribution >= 0.6 is 0 Å². The maximum absolute atomic E-state index is 6.83. The fraction of sp³-hybridized carbons (Fsp3) is 1.00. The van der Waals surface area contributed by atoms with Crippen LogP contribution in [0.2, 0.25) is 0 Å². The molecule has 0 bridgehead atoms. The van der Waals surface area contributed by atoms with Crippen molar-refractivity contribution < 1.29 is 18.9 Å². The minimum absolute atomic E-state index is 0.0106. The van der Waals surface area contributed by atoms with E-state index < -0.39 is 0 Å². The molecule has 8 atom stereocenters. The van der Waals surface area contributed by atoms with Crippen molar-refractivity contribution in [3.8, 4) is 0 Å². The maximum Gasteiger partial charge on any atom is 0.0698 e. The molecule has 0 aliphatic heterocycles. The third-order valence-corrected chi connectivity index (χ3v) is 8.72. The molecule has 0 radical (unpaired) electrons. The van der Waals surface area contributed by atoms with Gasteiger partial charge in [-0.1, -0.05) is 40.5 Å². The van der Waals surface area contributed by atoms with Gasteiger partial charge in [0.1, 0.15) is 0 Å². The first-order valence-corrected chi connectivity index (χ1v) is 16.0. The third-order valence-electron chi connectivity index (χ3n) is 8.72. The molecule has 0 fully saturated rings. The molecule has 6 nitrogen and oxygen atoms in total. The molecule has 0 aromatic heterocycles. The molecule has 6 heteroatoms. The molecule has 4 N–H and O–H groups in total. The minimum Gasteiger partial charge on any atom is -0.375 e. The van der Waals surface area contributed by atoms with Crippen molar-refractivity contribution >= 4 is 0 Å². The summed E-state index contributed by atoms with van der Waals surface area (Å²) in [7, 11) is 0. The first-order valence-electron chi connectivity index (χ1n) is 16.0. The predicted octanol–water partition coefficient (Wildman–Crippen LogP) is 7.79. The van der Waals surface area contributed by atoms with Crippen molar-refractivity contribution in [3.05, 3.63) is 0 Å². The van der Waals surface area contributed by atoms with Crippen molar-refractivity contribution in [1.82, 2.24) is 0 Å². The van der Waals surface area contributed by atoms with E-state index in [0.29, 0.717) is 13.2 Å². The van der Waals surface area contributed by atoms with Crippen LogP contribution in [0.25, 0.3) is 0 Å². The van der Waals surface area contributed by atoms with Crippen molar-refractivity contribution in [1.29, 1.82) is 0 Å². The van der Waals surface area contributed by atoms with Gasteiger partial charge in [-0.2, -0.15) is 0 Å². The minimum atomic E-state index is -0.262. The second-order valence-corrected chi connectivity index (χ2v) is 13.9. The lowest BCUT2D eigenvalue weighted by Crippen LogP contribution is -2.44. The molecule has 0 aromatic rings. The first kappa shape index (κ1) is 38.8. The Morgan fingerprint density at radius 1 is 0.667 bits per heavy atom. The molecule has 236 valence electrons. The van der Waals surface area contributed by atoms with E-state index in [1.54, 1.807) is 0 Å². The number of rotatable bonds is 23. The Kier molecular flexibility index (Phi) is 17.5. The summed E-state index contributed by atoms with van der Waals surface area (Å²) in [5.74, 6) is 0. The first-order chi connectivity index (χ1) is 17.9. The van der Waals surface area contributed by atoms with E-state index in [4.69, 9.17) is 30.4 Å². The van der Waals surface area contributed by atoms with Gasteiger partial charge in [-0.3, -0.25) is 0 Å². The molecule has 0 saturated heterocycles. The predicted molar refractivity (Wildman–Crippen MR) is 167 cm³/mol. The van der Waals surface area contributed by atoms with E-state index >= 15 is 0 Å². The lowest BCUT2D eigenvalue weighted by atomic mass is 9.80. The lowest BCUT2D eigenvalue weighted by Gasteiger charge is -2.42. The molecule has 0 saturated carbocycles. The molecule has 0 amide bonds. The molecule has 39 heavy (non-hydrogen) atoms. The Bertz CT molecular complexity index is 643. The van der Waals surface area contributed by atoms with Crippen LogP contribution in [0.5, 0.6) is 0 Å². The Labute approximate surface area is 244 Å². The van der Waals surface area contributed by atoms with E-state index in [-0.39, 0.29) is 52.6 Å². The van der Waals surface area contributed by atoms with Crippen LogP contribution in [0.3, 0.4) is 0 Å². The van der Waals surface area contributed by atoms with Crippen molar-refractivity contribution in [2.24, 2.45) is 16.9 Å². The Morgan fingerprint density at radius 2 is 1.15 bits per heavy atom. The van der Waals surface area contributed by atoms with Crippen LogP contribution in [-0.2, 0) is 18.9 Å². The second kappa shape index (κ2) is 17.7. The average molecular weight is 559 g/mol. The zero-order chi connectivity index (χ0) is 30.5. The molecule has 0 aliphatic rings. The second-order valence-electron chi connectivity index (χ2n) is 13.9. The summed E-state index contributed by atoms with van der Waals surface area (Å²) in [6.45, 7) is 29.5.